The molecule has 1 fully saturated rings. The molecule has 3 heteroatoms. The van der Waals surface area contributed by atoms with Crippen molar-refractivity contribution in [3.05, 3.63) is 70.2 Å². The van der Waals surface area contributed by atoms with Crippen molar-refractivity contribution in [3.8, 4) is 0 Å². The van der Waals surface area contributed by atoms with Crippen LogP contribution in [-0.2, 0) is 0 Å². The Bertz CT molecular complexity index is 624. The molecule has 0 spiro atoms. The van der Waals surface area contributed by atoms with Crippen LogP contribution in [0.3, 0.4) is 0 Å². The van der Waals surface area contributed by atoms with E-state index in [-0.39, 0.29) is 5.91 Å². The number of hydrogen-bond acceptors (Lipinski definition) is 1. The van der Waals surface area contributed by atoms with Crippen LogP contribution in [0.1, 0.15) is 41.1 Å². The quantitative estimate of drug-likeness (QED) is 0.839. The summed E-state index contributed by atoms with van der Waals surface area (Å²) in [5, 5.41) is 3.11. The average Bonchev–Trinajstić information content (AvgIpc) is 3.02. The van der Waals surface area contributed by atoms with Crippen LogP contribution in [0.15, 0.2) is 59.1 Å². The van der Waals surface area contributed by atoms with Gasteiger partial charge in [-0.15, -0.1) is 0 Å². The van der Waals surface area contributed by atoms with Crippen LogP contribution in [0.2, 0.25) is 0 Å². The highest BCUT2D eigenvalue weighted by atomic mass is 79.9. The highest BCUT2D eigenvalue weighted by molar-refractivity contribution is 9.10. The molecule has 2 aromatic rings. The Balaban J connectivity index is 1.61. The Morgan fingerprint density at radius 3 is 2.50 bits per heavy atom. The number of halogens is 1. The van der Waals surface area contributed by atoms with Gasteiger partial charge in [0.15, 0.2) is 0 Å². The van der Waals surface area contributed by atoms with Crippen molar-refractivity contribution in [2.75, 3.05) is 6.54 Å². The molecule has 3 rings (SSSR count). The van der Waals surface area contributed by atoms with Crippen molar-refractivity contribution in [1.82, 2.24) is 5.32 Å². The number of amides is 1. The number of nitrogens with one attached hydrogen (secondary N) is 1. The van der Waals surface area contributed by atoms with Crippen LogP contribution in [0, 0.1) is 5.92 Å². The number of carbonyl (C=O) groups is 1. The fourth-order valence-corrected chi connectivity index (χ4v) is 3.61. The van der Waals surface area contributed by atoms with E-state index in [1.807, 2.05) is 24.3 Å². The fraction of sp³-hybridized carbons (Fsp3) is 0.316. The van der Waals surface area contributed by atoms with E-state index in [4.69, 9.17) is 0 Å². The summed E-state index contributed by atoms with van der Waals surface area (Å²) in [6.07, 6.45) is 3.67. The van der Waals surface area contributed by atoms with Crippen molar-refractivity contribution in [3.63, 3.8) is 0 Å². The Kier molecular flexibility index (Phi) is 4.94. The summed E-state index contributed by atoms with van der Waals surface area (Å²) in [6, 6.07) is 18.2. The third-order valence-electron chi connectivity index (χ3n) is 4.52. The Labute approximate surface area is 140 Å². The number of benzene rings is 2. The lowest BCUT2D eigenvalue weighted by atomic mass is 9.89. The lowest BCUT2D eigenvalue weighted by Gasteiger charge is -2.20. The van der Waals surface area contributed by atoms with E-state index in [9.17, 15) is 4.79 Å². The maximum Gasteiger partial charge on any atom is 0.251 e. The van der Waals surface area contributed by atoms with Crippen molar-refractivity contribution < 1.29 is 4.79 Å². The van der Waals surface area contributed by atoms with Gasteiger partial charge < -0.3 is 5.32 Å². The van der Waals surface area contributed by atoms with Gasteiger partial charge in [0.1, 0.15) is 0 Å². The van der Waals surface area contributed by atoms with Crippen LogP contribution < -0.4 is 5.32 Å². The minimum atomic E-state index is 0.0196. The molecule has 0 aromatic heterocycles. The Hall–Kier alpha value is -1.61. The van der Waals surface area contributed by atoms with Gasteiger partial charge in [-0.2, -0.15) is 0 Å². The van der Waals surface area contributed by atoms with Crippen molar-refractivity contribution >= 4 is 21.8 Å². The number of carbonyl (C=O) groups excluding carboxylic acids is 1. The third kappa shape index (κ3) is 3.58. The van der Waals surface area contributed by atoms with Gasteiger partial charge in [-0.3, -0.25) is 4.79 Å². The van der Waals surface area contributed by atoms with E-state index in [0.717, 1.165) is 16.6 Å². The van der Waals surface area contributed by atoms with Crippen LogP contribution >= 0.6 is 15.9 Å². The molecular weight excluding hydrogens is 338 g/mol. The monoisotopic (exact) mass is 357 g/mol. The summed E-state index contributed by atoms with van der Waals surface area (Å²) in [7, 11) is 0. The first-order valence-electron chi connectivity index (χ1n) is 7.83. The lowest BCUT2D eigenvalue weighted by Crippen LogP contribution is -2.30. The van der Waals surface area contributed by atoms with Crippen molar-refractivity contribution in [2.45, 2.75) is 25.2 Å². The van der Waals surface area contributed by atoms with E-state index < -0.39 is 0 Å². The topological polar surface area (TPSA) is 29.1 Å². The normalized spacial score (nSPS) is 20.8. The second-order valence-electron chi connectivity index (χ2n) is 5.93. The predicted octanol–water partition coefficient (Wildman–Crippen LogP) is 4.76. The lowest BCUT2D eigenvalue weighted by molar-refractivity contribution is 0.0946. The van der Waals surface area contributed by atoms with Gasteiger partial charge >= 0.3 is 0 Å². The number of hydrogen-bond donors (Lipinski definition) is 1. The largest absolute Gasteiger partial charge is 0.352 e. The van der Waals surface area contributed by atoms with Gasteiger partial charge in [0.2, 0.25) is 0 Å². The van der Waals surface area contributed by atoms with Gasteiger partial charge in [0, 0.05) is 16.6 Å². The molecule has 1 amide bonds. The summed E-state index contributed by atoms with van der Waals surface area (Å²) in [5.74, 6) is 1.14. The van der Waals surface area contributed by atoms with E-state index >= 15 is 0 Å². The highest BCUT2D eigenvalue weighted by Gasteiger charge is 2.28. The molecule has 0 radical (unpaired) electrons. The smallest absolute Gasteiger partial charge is 0.251 e. The standard InChI is InChI=1S/C19H20BrNO/c20-17-11-9-15(10-12-17)19(22)21-13-16-7-4-8-18(16)14-5-2-1-3-6-14/h1-3,5-6,9-12,16,18H,4,7-8,13H2,(H,21,22)/t16-,18+/m1/s1. The van der Waals surface area contributed by atoms with E-state index in [0.29, 0.717) is 11.8 Å². The minimum Gasteiger partial charge on any atom is -0.352 e. The Morgan fingerprint density at radius 1 is 1.05 bits per heavy atom. The molecule has 1 aliphatic rings. The summed E-state index contributed by atoms with van der Waals surface area (Å²) in [6.45, 7) is 0.758. The van der Waals surface area contributed by atoms with Crippen molar-refractivity contribution in [1.29, 1.82) is 0 Å². The molecule has 1 saturated carbocycles. The molecule has 0 bridgehead atoms. The van der Waals surface area contributed by atoms with Crippen LogP contribution in [0.4, 0.5) is 0 Å². The summed E-state index contributed by atoms with van der Waals surface area (Å²) < 4.78 is 0.990. The first-order valence-corrected chi connectivity index (χ1v) is 8.62. The van der Waals surface area contributed by atoms with Gasteiger partial charge in [-0.1, -0.05) is 52.7 Å². The SMILES string of the molecule is O=C(NC[C@H]1CCC[C@H]1c1ccccc1)c1ccc(Br)cc1. The molecule has 2 atom stereocenters. The fourth-order valence-electron chi connectivity index (χ4n) is 3.35. The summed E-state index contributed by atoms with van der Waals surface area (Å²) >= 11 is 3.39. The second kappa shape index (κ2) is 7.10. The maximum atomic E-state index is 12.2. The third-order valence-corrected chi connectivity index (χ3v) is 5.05. The predicted molar refractivity (Wildman–Crippen MR) is 93.0 cm³/mol. The summed E-state index contributed by atoms with van der Waals surface area (Å²) in [4.78, 5) is 12.2. The molecule has 0 unspecified atom stereocenters. The highest BCUT2D eigenvalue weighted by Crippen LogP contribution is 2.39. The summed E-state index contributed by atoms with van der Waals surface area (Å²) in [5.41, 5.74) is 2.13. The van der Waals surface area contributed by atoms with Crippen LogP contribution in [-0.4, -0.2) is 12.5 Å². The van der Waals surface area contributed by atoms with Crippen molar-refractivity contribution in [2.24, 2.45) is 5.92 Å². The van der Waals surface area contributed by atoms with Gasteiger partial charge in [-0.05, 0) is 54.5 Å². The second-order valence-corrected chi connectivity index (χ2v) is 6.84. The van der Waals surface area contributed by atoms with E-state index in [1.54, 1.807) is 0 Å². The minimum absolute atomic E-state index is 0.0196. The first kappa shape index (κ1) is 15.3. The number of rotatable bonds is 4. The first-order chi connectivity index (χ1) is 10.7. The average molecular weight is 358 g/mol. The van der Waals surface area contributed by atoms with Gasteiger partial charge in [0.25, 0.3) is 5.91 Å². The Morgan fingerprint density at radius 2 is 1.77 bits per heavy atom. The molecule has 2 aromatic carbocycles. The molecule has 22 heavy (non-hydrogen) atoms. The molecule has 1 N–H and O–H groups in total. The zero-order valence-electron chi connectivity index (χ0n) is 12.5. The molecule has 0 saturated heterocycles. The molecule has 0 aliphatic heterocycles. The molecule has 0 heterocycles. The maximum absolute atomic E-state index is 12.2. The van der Waals surface area contributed by atoms with Crippen LogP contribution in [0.25, 0.3) is 0 Å². The molecule has 2 nitrogen and oxygen atoms in total. The van der Waals surface area contributed by atoms with E-state index in [2.05, 4.69) is 51.6 Å². The zero-order chi connectivity index (χ0) is 15.4. The zero-order valence-corrected chi connectivity index (χ0v) is 14.1. The van der Waals surface area contributed by atoms with E-state index in [1.165, 1.54) is 24.8 Å². The van der Waals surface area contributed by atoms with Gasteiger partial charge in [0.05, 0.1) is 0 Å². The molecule has 1 aliphatic carbocycles. The van der Waals surface area contributed by atoms with Crippen LogP contribution in [0.5, 0.6) is 0 Å². The molecular formula is C19H20BrNO. The van der Waals surface area contributed by atoms with Gasteiger partial charge in [-0.25, -0.2) is 0 Å². The molecule has 114 valence electrons.